The molecule has 1 unspecified atom stereocenters. The Balaban J connectivity index is 2.43. The molecule has 17 heavy (non-hydrogen) atoms. The monoisotopic (exact) mass is 253 g/mol. The number of nitrogens with zero attached hydrogens (tertiary/aromatic N) is 2. The molecular formula is C12H13ClFN3. The van der Waals surface area contributed by atoms with Gasteiger partial charge in [-0.25, -0.2) is 4.39 Å². The zero-order chi connectivity index (χ0) is 12.6. The lowest BCUT2D eigenvalue weighted by Crippen LogP contribution is -2.16. The van der Waals surface area contributed by atoms with Crippen molar-refractivity contribution >= 4 is 11.6 Å². The Bertz CT molecular complexity index is 531. The van der Waals surface area contributed by atoms with E-state index < -0.39 is 6.04 Å². The molecule has 0 aliphatic heterocycles. The highest BCUT2D eigenvalue weighted by molar-refractivity contribution is 6.31. The van der Waals surface area contributed by atoms with Gasteiger partial charge < -0.3 is 5.73 Å². The lowest BCUT2D eigenvalue weighted by Gasteiger charge is -2.14. The molecule has 2 rings (SSSR count). The minimum absolute atomic E-state index is 0.239. The number of hydrogen-bond donors (Lipinski definition) is 1. The number of benzene rings is 1. The predicted octanol–water partition coefficient (Wildman–Crippen LogP) is 2.57. The molecule has 1 atom stereocenters. The molecule has 2 aromatic rings. The number of rotatable bonds is 2. The molecule has 0 saturated heterocycles. The standard InChI is InChI=1S/C12H13ClFN3/c1-7-5-8(3-4-10(7)14)11(15)12-9(13)6-16-17(12)2/h3-6,11H,15H2,1-2H3. The van der Waals surface area contributed by atoms with Crippen molar-refractivity contribution in [2.24, 2.45) is 12.8 Å². The zero-order valence-electron chi connectivity index (χ0n) is 9.61. The van der Waals surface area contributed by atoms with Crippen LogP contribution in [0.25, 0.3) is 0 Å². The normalized spacial score (nSPS) is 12.8. The van der Waals surface area contributed by atoms with Crippen LogP contribution in [-0.2, 0) is 7.05 Å². The van der Waals surface area contributed by atoms with Crippen LogP contribution in [-0.4, -0.2) is 9.78 Å². The van der Waals surface area contributed by atoms with Crippen LogP contribution in [0.4, 0.5) is 4.39 Å². The Hall–Kier alpha value is -1.39. The first-order valence-corrected chi connectivity index (χ1v) is 5.57. The van der Waals surface area contributed by atoms with Gasteiger partial charge in [-0.2, -0.15) is 5.10 Å². The SMILES string of the molecule is Cc1cc(C(N)c2c(Cl)cnn2C)ccc1F. The summed E-state index contributed by atoms with van der Waals surface area (Å²) in [6, 6.07) is 4.39. The molecule has 0 saturated carbocycles. The highest BCUT2D eigenvalue weighted by Gasteiger charge is 2.17. The molecule has 0 aliphatic carbocycles. The van der Waals surface area contributed by atoms with Crippen molar-refractivity contribution in [1.82, 2.24) is 9.78 Å². The van der Waals surface area contributed by atoms with Crippen molar-refractivity contribution in [2.75, 3.05) is 0 Å². The topological polar surface area (TPSA) is 43.8 Å². The van der Waals surface area contributed by atoms with Gasteiger partial charge in [0.2, 0.25) is 0 Å². The van der Waals surface area contributed by atoms with Gasteiger partial charge >= 0.3 is 0 Å². The van der Waals surface area contributed by atoms with E-state index in [1.807, 2.05) is 0 Å². The average Bonchev–Trinajstić information content (AvgIpc) is 2.62. The third kappa shape index (κ3) is 2.18. The Kier molecular flexibility index (Phi) is 3.17. The predicted molar refractivity (Wildman–Crippen MR) is 65.4 cm³/mol. The van der Waals surface area contributed by atoms with Crippen LogP contribution >= 0.6 is 11.6 Å². The fraction of sp³-hybridized carbons (Fsp3) is 0.250. The highest BCUT2D eigenvalue weighted by Crippen LogP contribution is 2.26. The minimum atomic E-state index is -0.408. The van der Waals surface area contributed by atoms with Crippen LogP contribution < -0.4 is 5.73 Å². The van der Waals surface area contributed by atoms with Gasteiger partial charge in [0.05, 0.1) is 23.0 Å². The van der Waals surface area contributed by atoms with E-state index in [1.54, 1.807) is 37.0 Å². The summed E-state index contributed by atoms with van der Waals surface area (Å²) >= 11 is 6.02. The molecule has 0 aliphatic rings. The molecule has 0 radical (unpaired) electrons. The van der Waals surface area contributed by atoms with E-state index in [1.165, 1.54) is 6.07 Å². The van der Waals surface area contributed by atoms with E-state index in [2.05, 4.69) is 5.10 Å². The molecule has 1 aromatic heterocycles. The number of halogens is 2. The summed E-state index contributed by atoms with van der Waals surface area (Å²) in [7, 11) is 1.78. The number of aromatic nitrogens is 2. The molecule has 0 spiro atoms. The number of hydrogen-bond acceptors (Lipinski definition) is 2. The molecule has 0 bridgehead atoms. The van der Waals surface area contributed by atoms with Crippen LogP contribution in [0.2, 0.25) is 5.02 Å². The maximum Gasteiger partial charge on any atom is 0.126 e. The third-order valence-corrected chi connectivity index (χ3v) is 3.06. The molecule has 0 fully saturated rings. The molecule has 0 amide bonds. The quantitative estimate of drug-likeness (QED) is 0.894. The van der Waals surface area contributed by atoms with Crippen LogP contribution in [0.3, 0.4) is 0 Å². The van der Waals surface area contributed by atoms with Gasteiger partial charge in [-0.1, -0.05) is 23.7 Å². The molecular weight excluding hydrogens is 241 g/mol. The highest BCUT2D eigenvalue weighted by atomic mass is 35.5. The second-order valence-corrected chi connectivity index (χ2v) is 4.39. The van der Waals surface area contributed by atoms with Gasteiger partial charge in [0.15, 0.2) is 0 Å². The third-order valence-electron chi connectivity index (χ3n) is 2.77. The van der Waals surface area contributed by atoms with Gasteiger partial charge in [0.25, 0.3) is 0 Å². The lowest BCUT2D eigenvalue weighted by molar-refractivity contribution is 0.615. The summed E-state index contributed by atoms with van der Waals surface area (Å²) in [4.78, 5) is 0. The maximum absolute atomic E-state index is 13.2. The molecule has 90 valence electrons. The number of aryl methyl sites for hydroxylation is 2. The lowest BCUT2D eigenvalue weighted by atomic mass is 10.0. The summed E-state index contributed by atoms with van der Waals surface area (Å²) in [5, 5.41) is 4.55. The van der Waals surface area contributed by atoms with Crippen LogP contribution in [0, 0.1) is 12.7 Å². The van der Waals surface area contributed by atoms with Crippen molar-refractivity contribution in [2.45, 2.75) is 13.0 Å². The summed E-state index contributed by atoms with van der Waals surface area (Å²) < 4.78 is 14.8. The summed E-state index contributed by atoms with van der Waals surface area (Å²) in [5.41, 5.74) is 8.21. The molecule has 3 nitrogen and oxygen atoms in total. The van der Waals surface area contributed by atoms with Crippen molar-refractivity contribution in [3.63, 3.8) is 0 Å². The first kappa shape index (κ1) is 12.1. The van der Waals surface area contributed by atoms with Gasteiger partial charge in [0.1, 0.15) is 5.82 Å². The van der Waals surface area contributed by atoms with Crippen molar-refractivity contribution in [3.8, 4) is 0 Å². The zero-order valence-corrected chi connectivity index (χ0v) is 10.4. The summed E-state index contributed by atoms with van der Waals surface area (Å²) in [6.45, 7) is 1.70. The fourth-order valence-corrected chi connectivity index (χ4v) is 2.07. The molecule has 2 N–H and O–H groups in total. The average molecular weight is 254 g/mol. The number of nitrogens with two attached hydrogens (primary N) is 1. The Morgan fingerprint density at radius 1 is 1.47 bits per heavy atom. The van der Waals surface area contributed by atoms with Crippen molar-refractivity contribution < 1.29 is 4.39 Å². The van der Waals surface area contributed by atoms with E-state index in [9.17, 15) is 4.39 Å². The second-order valence-electron chi connectivity index (χ2n) is 3.99. The van der Waals surface area contributed by atoms with E-state index in [-0.39, 0.29) is 5.82 Å². The van der Waals surface area contributed by atoms with E-state index in [4.69, 9.17) is 17.3 Å². The second kappa shape index (κ2) is 4.47. The van der Waals surface area contributed by atoms with E-state index in [0.717, 1.165) is 11.3 Å². The summed E-state index contributed by atoms with van der Waals surface area (Å²) in [6.07, 6.45) is 1.55. The largest absolute Gasteiger partial charge is 0.319 e. The van der Waals surface area contributed by atoms with Crippen LogP contribution in [0.5, 0.6) is 0 Å². The minimum Gasteiger partial charge on any atom is -0.319 e. The summed E-state index contributed by atoms with van der Waals surface area (Å²) in [5.74, 6) is -0.239. The van der Waals surface area contributed by atoms with Crippen LogP contribution in [0.15, 0.2) is 24.4 Å². The first-order chi connectivity index (χ1) is 8.00. The Morgan fingerprint density at radius 2 is 2.18 bits per heavy atom. The Morgan fingerprint density at radius 3 is 2.71 bits per heavy atom. The van der Waals surface area contributed by atoms with Crippen molar-refractivity contribution in [3.05, 3.63) is 52.1 Å². The van der Waals surface area contributed by atoms with Crippen molar-refractivity contribution in [1.29, 1.82) is 0 Å². The fourth-order valence-electron chi connectivity index (χ4n) is 1.79. The maximum atomic E-state index is 13.2. The molecule has 1 aromatic carbocycles. The molecule has 5 heteroatoms. The Labute approximate surface area is 104 Å². The first-order valence-electron chi connectivity index (χ1n) is 5.19. The van der Waals surface area contributed by atoms with E-state index in [0.29, 0.717) is 10.6 Å². The van der Waals surface area contributed by atoms with Gasteiger partial charge in [-0.05, 0) is 24.1 Å². The van der Waals surface area contributed by atoms with E-state index >= 15 is 0 Å². The van der Waals surface area contributed by atoms with Gasteiger partial charge in [-0.15, -0.1) is 0 Å². The van der Waals surface area contributed by atoms with Gasteiger partial charge in [-0.3, -0.25) is 4.68 Å². The van der Waals surface area contributed by atoms with Gasteiger partial charge in [0, 0.05) is 7.05 Å². The molecule has 1 heterocycles. The smallest absolute Gasteiger partial charge is 0.126 e. The van der Waals surface area contributed by atoms with Crippen LogP contribution in [0.1, 0.15) is 22.9 Å².